The summed E-state index contributed by atoms with van der Waals surface area (Å²) >= 11 is 5.94. The van der Waals surface area contributed by atoms with Gasteiger partial charge in [0, 0.05) is 18.1 Å². The maximum Gasteiger partial charge on any atom is 0.270 e. The van der Waals surface area contributed by atoms with Gasteiger partial charge in [-0.2, -0.15) is 4.98 Å². The topological polar surface area (TPSA) is 64.9 Å². The fourth-order valence-corrected chi connectivity index (χ4v) is 1.68. The van der Waals surface area contributed by atoms with Crippen LogP contribution in [-0.4, -0.2) is 10.1 Å². The molecule has 1 heterocycles. The number of hydrogen-bond acceptors (Lipinski definition) is 4. The Morgan fingerprint density at radius 2 is 2.17 bits per heavy atom. The number of hydrogen-bond donors (Lipinski definition) is 1. The molecule has 0 amide bonds. The molecule has 0 spiro atoms. The average Bonchev–Trinajstić information content (AvgIpc) is 2.76. The van der Waals surface area contributed by atoms with Gasteiger partial charge in [-0.3, -0.25) is 0 Å². The van der Waals surface area contributed by atoms with Gasteiger partial charge in [0.25, 0.3) is 5.92 Å². The van der Waals surface area contributed by atoms with Gasteiger partial charge in [-0.25, -0.2) is 8.78 Å². The lowest BCUT2D eigenvalue weighted by atomic mass is 10.1. The van der Waals surface area contributed by atoms with Gasteiger partial charge in [-0.1, -0.05) is 22.8 Å². The Hall–Kier alpha value is -1.53. The molecule has 7 heteroatoms. The second-order valence-corrected chi connectivity index (χ2v) is 4.21. The highest BCUT2D eigenvalue weighted by atomic mass is 35.5. The second-order valence-electron chi connectivity index (χ2n) is 3.80. The van der Waals surface area contributed by atoms with Crippen LogP contribution in [0.25, 0.3) is 11.4 Å². The molecule has 0 saturated heterocycles. The molecule has 0 aliphatic carbocycles. The summed E-state index contributed by atoms with van der Waals surface area (Å²) in [7, 11) is 0. The van der Waals surface area contributed by atoms with Gasteiger partial charge in [0.15, 0.2) is 0 Å². The van der Waals surface area contributed by atoms with E-state index in [4.69, 9.17) is 21.9 Å². The third-order valence-corrected chi connectivity index (χ3v) is 2.67. The molecule has 0 saturated carbocycles. The lowest BCUT2D eigenvalue weighted by molar-refractivity contribution is 0.0175. The summed E-state index contributed by atoms with van der Waals surface area (Å²) in [5, 5.41) is 3.81. The summed E-state index contributed by atoms with van der Waals surface area (Å²) in [6.07, 6.45) is 0. The lowest BCUT2D eigenvalue weighted by Crippen LogP contribution is -2.06. The molecule has 0 atom stereocenters. The van der Waals surface area contributed by atoms with Crippen molar-refractivity contribution in [3.63, 3.8) is 0 Å². The van der Waals surface area contributed by atoms with Crippen LogP contribution in [0.3, 0.4) is 0 Å². The van der Waals surface area contributed by atoms with E-state index in [0.29, 0.717) is 5.56 Å². The first kappa shape index (κ1) is 12.9. The fraction of sp³-hybridized carbons (Fsp3) is 0.273. The van der Waals surface area contributed by atoms with Gasteiger partial charge in [0.2, 0.25) is 11.7 Å². The second kappa shape index (κ2) is 4.62. The number of nitrogens with zero attached hydrogens (tertiary/aromatic N) is 2. The average molecular weight is 274 g/mol. The van der Waals surface area contributed by atoms with Crippen molar-refractivity contribution in [3.8, 4) is 11.4 Å². The predicted molar refractivity (Wildman–Crippen MR) is 62.2 cm³/mol. The van der Waals surface area contributed by atoms with E-state index < -0.39 is 5.92 Å². The highest BCUT2D eigenvalue weighted by Gasteiger charge is 2.25. The lowest BCUT2D eigenvalue weighted by Gasteiger charge is -2.11. The van der Waals surface area contributed by atoms with E-state index in [1.807, 2.05) is 0 Å². The summed E-state index contributed by atoms with van der Waals surface area (Å²) in [5.74, 6) is -2.46. The molecule has 2 N–H and O–H groups in total. The van der Waals surface area contributed by atoms with E-state index >= 15 is 0 Å². The van der Waals surface area contributed by atoms with Crippen LogP contribution in [0.5, 0.6) is 0 Å². The largest absolute Gasteiger partial charge is 0.338 e. The van der Waals surface area contributed by atoms with Crippen molar-refractivity contribution >= 4 is 11.6 Å². The Morgan fingerprint density at radius 1 is 1.44 bits per heavy atom. The first-order valence-electron chi connectivity index (χ1n) is 5.12. The number of aromatic nitrogens is 2. The summed E-state index contributed by atoms with van der Waals surface area (Å²) in [6.45, 7) is 0.912. The van der Waals surface area contributed by atoms with E-state index in [-0.39, 0.29) is 28.8 Å². The van der Waals surface area contributed by atoms with E-state index in [1.54, 1.807) is 0 Å². The highest BCUT2D eigenvalue weighted by Crippen LogP contribution is 2.33. The Bertz CT molecular complexity index is 566. The summed E-state index contributed by atoms with van der Waals surface area (Å²) < 4.78 is 31.0. The van der Waals surface area contributed by atoms with Crippen molar-refractivity contribution < 1.29 is 13.3 Å². The van der Waals surface area contributed by atoms with E-state index in [1.165, 1.54) is 18.2 Å². The molecule has 96 valence electrons. The van der Waals surface area contributed by atoms with Crippen molar-refractivity contribution in [2.24, 2.45) is 5.73 Å². The normalized spacial score (nSPS) is 11.8. The minimum atomic E-state index is -2.94. The van der Waals surface area contributed by atoms with Crippen molar-refractivity contribution in [1.29, 1.82) is 0 Å². The molecule has 0 aliphatic heterocycles. The van der Waals surface area contributed by atoms with Crippen molar-refractivity contribution in [3.05, 3.63) is 34.7 Å². The molecule has 0 aliphatic rings. The summed E-state index contributed by atoms with van der Waals surface area (Å²) in [5.41, 5.74) is 5.59. The van der Waals surface area contributed by atoms with Crippen molar-refractivity contribution in [1.82, 2.24) is 10.1 Å². The molecule has 1 aromatic carbocycles. The van der Waals surface area contributed by atoms with Crippen LogP contribution in [0, 0.1) is 0 Å². The minimum absolute atomic E-state index is 0.107. The zero-order chi connectivity index (χ0) is 13.3. The van der Waals surface area contributed by atoms with E-state index in [2.05, 4.69) is 10.1 Å². The van der Waals surface area contributed by atoms with E-state index in [0.717, 1.165) is 6.92 Å². The highest BCUT2D eigenvalue weighted by molar-refractivity contribution is 6.33. The molecular weight excluding hydrogens is 264 g/mol. The molecule has 4 nitrogen and oxygen atoms in total. The Morgan fingerprint density at radius 3 is 2.67 bits per heavy atom. The maximum absolute atomic E-state index is 13.1. The monoisotopic (exact) mass is 273 g/mol. The van der Waals surface area contributed by atoms with Crippen molar-refractivity contribution in [2.75, 3.05) is 0 Å². The number of halogens is 3. The SMILES string of the molecule is CC(F)(F)c1ccc(-c2noc(CN)n2)c(Cl)c1. The Kier molecular flexibility index (Phi) is 3.32. The summed E-state index contributed by atoms with van der Waals surface area (Å²) in [6, 6.07) is 3.90. The molecule has 0 fully saturated rings. The van der Waals surface area contributed by atoms with Crippen LogP contribution >= 0.6 is 11.6 Å². The molecular formula is C11H10ClF2N3O. The third-order valence-electron chi connectivity index (χ3n) is 2.36. The first-order chi connectivity index (χ1) is 8.41. The molecule has 0 bridgehead atoms. The van der Waals surface area contributed by atoms with Gasteiger partial charge in [-0.05, 0) is 12.1 Å². The van der Waals surface area contributed by atoms with Gasteiger partial charge in [-0.15, -0.1) is 0 Å². The van der Waals surface area contributed by atoms with Crippen LogP contribution in [0.4, 0.5) is 8.78 Å². The molecule has 18 heavy (non-hydrogen) atoms. The Balaban J connectivity index is 2.41. The van der Waals surface area contributed by atoms with Gasteiger partial charge < -0.3 is 10.3 Å². The van der Waals surface area contributed by atoms with Gasteiger partial charge in [0.1, 0.15) is 0 Å². The minimum Gasteiger partial charge on any atom is -0.338 e. The standard InChI is InChI=1S/C11H10ClF2N3O/c1-11(13,14)6-2-3-7(8(12)4-6)10-16-9(5-15)18-17-10/h2-4H,5,15H2,1H3. The van der Waals surface area contributed by atoms with E-state index in [9.17, 15) is 8.78 Å². The predicted octanol–water partition coefficient (Wildman–Crippen LogP) is 2.96. The van der Waals surface area contributed by atoms with Gasteiger partial charge in [0.05, 0.1) is 11.6 Å². The quantitative estimate of drug-likeness (QED) is 0.934. The molecule has 0 unspecified atom stereocenters. The number of benzene rings is 1. The van der Waals surface area contributed by atoms with Crippen LogP contribution in [0.1, 0.15) is 18.4 Å². The zero-order valence-corrected chi connectivity index (χ0v) is 10.2. The molecule has 2 aromatic rings. The smallest absolute Gasteiger partial charge is 0.270 e. The van der Waals surface area contributed by atoms with Crippen LogP contribution in [0.15, 0.2) is 22.7 Å². The summed E-state index contributed by atoms with van der Waals surface area (Å²) in [4.78, 5) is 3.98. The maximum atomic E-state index is 13.1. The number of alkyl halides is 2. The zero-order valence-electron chi connectivity index (χ0n) is 9.45. The first-order valence-corrected chi connectivity index (χ1v) is 5.50. The molecule has 1 aromatic heterocycles. The Labute approximate surface area is 107 Å². The van der Waals surface area contributed by atoms with Crippen LogP contribution in [-0.2, 0) is 12.5 Å². The molecule has 2 rings (SSSR count). The number of rotatable bonds is 3. The van der Waals surface area contributed by atoms with Gasteiger partial charge >= 0.3 is 0 Å². The third kappa shape index (κ3) is 2.49. The number of nitrogens with two attached hydrogens (primary N) is 1. The van der Waals surface area contributed by atoms with Crippen LogP contribution < -0.4 is 5.73 Å². The van der Waals surface area contributed by atoms with Crippen molar-refractivity contribution in [2.45, 2.75) is 19.4 Å². The van der Waals surface area contributed by atoms with Crippen LogP contribution in [0.2, 0.25) is 5.02 Å². The molecule has 0 radical (unpaired) electrons. The fourth-order valence-electron chi connectivity index (χ4n) is 1.42.